The van der Waals surface area contributed by atoms with Gasteiger partial charge in [0, 0.05) is 11.6 Å². The van der Waals surface area contributed by atoms with Gasteiger partial charge in [-0.25, -0.2) is 0 Å². The lowest BCUT2D eigenvalue weighted by molar-refractivity contribution is -0.123. The molecule has 0 saturated heterocycles. The maximum atomic E-state index is 13.2. The van der Waals surface area contributed by atoms with E-state index < -0.39 is 0 Å². The summed E-state index contributed by atoms with van der Waals surface area (Å²) in [4.78, 5) is 25.6. The van der Waals surface area contributed by atoms with Crippen molar-refractivity contribution in [2.24, 2.45) is 0 Å². The molecular formula is C27H23ClN2O4. The zero-order chi connectivity index (χ0) is 23.9. The van der Waals surface area contributed by atoms with Gasteiger partial charge in [0.25, 0.3) is 11.8 Å². The van der Waals surface area contributed by atoms with Crippen LogP contribution in [0.3, 0.4) is 0 Å². The number of ether oxygens (including phenoxy) is 2. The number of nitrogens with one attached hydrogen (secondary N) is 2. The molecule has 2 amide bonds. The van der Waals surface area contributed by atoms with Crippen molar-refractivity contribution in [1.29, 1.82) is 0 Å². The first kappa shape index (κ1) is 23.1. The molecule has 7 heteroatoms. The number of para-hydroxylation sites is 2. The predicted molar refractivity (Wildman–Crippen MR) is 134 cm³/mol. The molecule has 34 heavy (non-hydrogen) atoms. The summed E-state index contributed by atoms with van der Waals surface area (Å²) in [5, 5.41) is 8.08. The topological polar surface area (TPSA) is 76.7 Å². The number of methoxy groups -OCH3 is 1. The number of benzene rings is 4. The summed E-state index contributed by atoms with van der Waals surface area (Å²) in [5.74, 6) is 0.180. The molecule has 0 radical (unpaired) electrons. The molecular weight excluding hydrogens is 452 g/mol. The van der Waals surface area contributed by atoms with Gasteiger partial charge in [0.15, 0.2) is 6.61 Å². The van der Waals surface area contributed by atoms with Gasteiger partial charge in [0.05, 0.1) is 18.4 Å². The molecule has 0 heterocycles. The number of fused-ring (bicyclic) bond motifs is 1. The van der Waals surface area contributed by atoms with Gasteiger partial charge in [-0.05, 0) is 52.7 Å². The fourth-order valence-corrected chi connectivity index (χ4v) is 3.58. The van der Waals surface area contributed by atoms with Crippen LogP contribution in [0.4, 0.5) is 5.69 Å². The Bertz CT molecular complexity index is 1320. The fraction of sp³-hybridized carbons (Fsp3) is 0.111. The van der Waals surface area contributed by atoms with E-state index in [1.807, 2.05) is 42.5 Å². The van der Waals surface area contributed by atoms with Crippen LogP contribution in [-0.2, 0) is 11.3 Å². The van der Waals surface area contributed by atoms with Crippen LogP contribution in [0.5, 0.6) is 11.5 Å². The molecule has 0 fully saturated rings. The summed E-state index contributed by atoms with van der Waals surface area (Å²) in [6, 6.07) is 25.5. The lowest BCUT2D eigenvalue weighted by Gasteiger charge is -2.15. The first-order chi connectivity index (χ1) is 16.5. The van der Waals surface area contributed by atoms with Crippen molar-refractivity contribution >= 4 is 39.9 Å². The van der Waals surface area contributed by atoms with E-state index in [1.165, 1.54) is 7.11 Å². The quantitative estimate of drug-likeness (QED) is 0.356. The van der Waals surface area contributed by atoms with Crippen molar-refractivity contribution in [2.75, 3.05) is 19.0 Å². The van der Waals surface area contributed by atoms with Gasteiger partial charge < -0.3 is 20.1 Å². The minimum atomic E-state index is -0.369. The van der Waals surface area contributed by atoms with Gasteiger partial charge in [-0.15, -0.1) is 0 Å². The lowest BCUT2D eigenvalue weighted by atomic mass is 10.1. The lowest BCUT2D eigenvalue weighted by Crippen LogP contribution is -2.28. The highest BCUT2D eigenvalue weighted by Gasteiger charge is 2.17. The molecule has 0 atom stereocenters. The van der Waals surface area contributed by atoms with E-state index in [-0.39, 0.29) is 18.4 Å². The van der Waals surface area contributed by atoms with Crippen LogP contribution in [-0.4, -0.2) is 25.5 Å². The van der Waals surface area contributed by atoms with E-state index >= 15 is 0 Å². The third-order valence-corrected chi connectivity index (χ3v) is 5.46. The number of hydrogen-bond donors (Lipinski definition) is 2. The summed E-state index contributed by atoms with van der Waals surface area (Å²) >= 11 is 5.89. The maximum Gasteiger partial charge on any atom is 0.259 e. The Hall–Kier alpha value is -4.03. The van der Waals surface area contributed by atoms with E-state index in [1.54, 1.807) is 42.5 Å². The predicted octanol–water partition coefficient (Wildman–Crippen LogP) is 5.45. The minimum absolute atomic E-state index is 0.235. The van der Waals surface area contributed by atoms with E-state index in [2.05, 4.69) is 10.6 Å². The molecule has 0 spiro atoms. The van der Waals surface area contributed by atoms with Crippen LogP contribution in [0.2, 0.25) is 5.02 Å². The molecule has 0 aliphatic heterocycles. The van der Waals surface area contributed by atoms with Crippen molar-refractivity contribution in [3.05, 3.63) is 101 Å². The molecule has 0 unspecified atom stereocenters. The van der Waals surface area contributed by atoms with E-state index in [0.717, 1.165) is 16.3 Å². The van der Waals surface area contributed by atoms with E-state index in [4.69, 9.17) is 21.1 Å². The monoisotopic (exact) mass is 474 g/mol. The highest BCUT2D eigenvalue weighted by Crippen LogP contribution is 2.29. The first-order valence-corrected chi connectivity index (χ1v) is 11.0. The molecule has 4 rings (SSSR count). The Morgan fingerprint density at radius 3 is 2.26 bits per heavy atom. The SMILES string of the molecule is COc1ccccc1NC(=O)c1cc2ccccc2cc1OCC(=O)NCc1ccc(Cl)cc1. The van der Waals surface area contributed by atoms with Crippen molar-refractivity contribution < 1.29 is 19.1 Å². The number of carbonyl (C=O) groups excluding carboxylic acids is 2. The Labute approximate surface area is 202 Å². The number of amides is 2. The first-order valence-electron chi connectivity index (χ1n) is 10.6. The second-order valence-electron chi connectivity index (χ2n) is 7.54. The average molecular weight is 475 g/mol. The van der Waals surface area contributed by atoms with Crippen LogP contribution in [0.1, 0.15) is 15.9 Å². The molecule has 4 aromatic carbocycles. The highest BCUT2D eigenvalue weighted by molar-refractivity contribution is 6.30. The van der Waals surface area contributed by atoms with Crippen LogP contribution >= 0.6 is 11.6 Å². The second-order valence-corrected chi connectivity index (χ2v) is 7.98. The molecule has 2 N–H and O–H groups in total. The number of rotatable bonds is 8. The molecule has 172 valence electrons. The molecule has 6 nitrogen and oxygen atoms in total. The third-order valence-electron chi connectivity index (χ3n) is 5.21. The largest absolute Gasteiger partial charge is 0.495 e. The smallest absolute Gasteiger partial charge is 0.259 e. The second kappa shape index (κ2) is 10.7. The van der Waals surface area contributed by atoms with Crippen LogP contribution in [0, 0.1) is 0 Å². The minimum Gasteiger partial charge on any atom is -0.495 e. The van der Waals surface area contributed by atoms with Crippen molar-refractivity contribution in [3.63, 3.8) is 0 Å². The number of carbonyl (C=O) groups is 2. The molecule has 0 aromatic heterocycles. The Kier molecular flexibility index (Phi) is 7.30. The summed E-state index contributed by atoms with van der Waals surface area (Å²) in [6.07, 6.45) is 0. The van der Waals surface area contributed by atoms with Crippen LogP contribution in [0.15, 0.2) is 84.9 Å². The summed E-state index contributed by atoms with van der Waals surface area (Å²) in [7, 11) is 1.54. The molecule has 0 saturated carbocycles. The molecule has 0 aliphatic rings. The van der Waals surface area contributed by atoms with E-state index in [9.17, 15) is 9.59 Å². The summed E-state index contributed by atoms with van der Waals surface area (Å²) < 4.78 is 11.1. The zero-order valence-corrected chi connectivity index (χ0v) is 19.3. The van der Waals surface area contributed by atoms with Crippen molar-refractivity contribution in [2.45, 2.75) is 6.54 Å². The van der Waals surface area contributed by atoms with Gasteiger partial charge in [0.1, 0.15) is 11.5 Å². The van der Waals surface area contributed by atoms with Gasteiger partial charge in [-0.1, -0.05) is 60.1 Å². The Morgan fingerprint density at radius 1 is 0.853 bits per heavy atom. The van der Waals surface area contributed by atoms with Crippen LogP contribution < -0.4 is 20.1 Å². The normalized spacial score (nSPS) is 10.5. The van der Waals surface area contributed by atoms with Crippen molar-refractivity contribution in [1.82, 2.24) is 5.32 Å². The number of hydrogen-bond acceptors (Lipinski definition) is 4. The van der Waals surface area contributed by atoms with E-state index in [0.29, 0.717) is 34.3 Å². The van der Waals surface area contributed by atoms with Crippen molar-refractivity contribution in [3.8, 4) is 11.5 Å². The Balaban J connectivity index is 1.51. The highest BCUT2D eigenvalue weighted by atomic mass is 35.5. The molecule has 0 bridgehead atoms. The van der Waals surface area contributed by atoms with Gasteiger partial charge in [0.2, 0.25) is 0 Å². The summed E-state index contributed by atoms with van der Waals surface area (Å²) in [5.41, 5.74) is 1.77. The van der Waals surface area contributed by atoms with Gasteiger partial charge >= 0.3 is 0 Å². The Morgan fingerprint density at radius 2 is 1.53 bits per heavy atom. The third kappa shape index (κ3) is 5.66. The fourth-order valence-electron chi connectivity index (χ4n) is 3.45. The van der Waals surface area contributed by atoms with Crippen LogP contribution in [0.25, 0.3) is 10.8 Å². The molecule has 0 aliphatic carbocycles. The standard InChI is InChI=1S/C27H23ClN2O4/c1-33-24-9-5-4-8-23(24)30-27(32)22-14-19-6-2-3-7-20(19)15-25(22)34-17-26(31)29-16-18-10-12-21(28)13-11-18/h2-15H,16-17H2,1H3,(H,29,31)(H,30,32). The average Bonchev–Trinajstić information content (AvgIpc) is 2.86. The zero-order valence-electron chi connectivity index (χ0n) is 18.5. The van der Waals surface area contributed by atoms with Gasteiger partial charge in [-0.3, -0.25) is 9.59 Å². The summed E-state index contributed by atoms with van der Waals surface area (Å²) in [6.45, 7) is 0.110. The van der Waals surface area contributed by atoms with Gasteiger partial charge in [-0.2, -0.15) is 0 Å². The molecule has 4 aromatic rings. The maximum absolute atomic E-state index is 13.2. The number of anilines is 1. The number of halogens is 1.